The van der Waals surface area contributed by atoms with Gasteiger partial charge in [-0.1, -0.05) is 99.7 Å². The minimum absolute atomic E-state index is 0.0962. The van der Waals surface area contributed by atoms with Gasteiger partial charge in [-0.3, -0.25) is 19.2 Å². The Balaban J connectivity index is 0.956. The van der Waals surface area contributed by atoms with Crippen LogP contribution in [0.4, 0.5) is 0 Å². The number of fused-ring (bicyclic) bond motifs is 2. The molecule has 0 fully saturated rings. The van der Waals surface area contributed by atoms with Crippen molar-refractivity contribution in [1.82, 2.24) is 19.8 Å². The molecule has 0 N–H and O–H groups in total. The van der Waals surface area contributed by atoms with Gasteiger partial charge in [-0.2, -0.15) is 0 Å². The molecule has 2 amide bonds. The van der Waals surface area contributed by atoms with Crippen LogP contribution in [-0.2, 0) is 25.8 Å². The highest BCUT2D eigenvalue weighted by atomic mass is 32.2. The van der Waals surface area contributed by atoms with Crippen LogP contribution in [0.1, 0.15) is 85.2 Å². The summed E-state index contributed by atoms with van der Waals surface area (Å²) in [5.74, 6) is 0.953. The molecular weight excluding hydrogens is 809 g/mol. The molecule has 0 saturated carbocycles. The van der Waals surface area contributed by atoms with Gasteiger partial charge in [0.1, 0.15) is 11.0 Å². The molecule has 320 valence electrons. The van der Waals surface area contributed by atoms with Gasteiger partial charge in [-0.05, 0) is 84.3 Å². The SMILES string of the molecule is CC(C)C[C@@H](C(=O)CCOCCC(=O)[C@H](CC(C)C)N(C)C(=O)c1ccc(CSc2nc3ccccc3o2)cc1)N(C)C(=O)c1ccc(CSc2nc3ccccc3o2)cc1. The Kier molecular flexibility index (Phi) is 16.0. The van der Waals surface area contributed by atoms with Gasteiger partial charge in [-0.25, -0.2) is 9.97 Å². The summed E-state index contributed by atoms with van der Waals surface area (Å²) in [6, 6.07) is 28.8. The predicted molar refractivity (Wildman–Crippen MR) is 241 cm³/mol. The van der Waals surface area contributed by atoms with E-state index in [1.165, 1.54) is 33.3 Å². The molecule has 0 aliphatic heterocycles. The van der Waals surface area contributed by atoms with Crippen molar-refractivity contribution in [2.45, 2.75) is 87.4 Å². The molecular formula is C48H54N4O7S2. The largest absolute Gasteiger partial charge is 0.431 e. The Hall–Kier alpha value is -5.24. The van der Waals surface area contributed by atoms with Crippen molar-refractivity contribution in [3.8, 4) is 0 Å². The van der Waals surface area contributed by atoms with E-state index in [1.54, 1.807) is 38.4 Å². The second-order valence-electron chi connectivity index (χ2n) is 16.0. The lowest BCUT2D eigenvalue weighted by atomic mass is 9.96. The Morgan fingerprint density at radius 3 is 1.31 bits per heavy atom. The Morgan fingerprint density at radius 2 is 0.951 bits per heavy atom. The summed E-state index contributed by atoms with van der Waals surface area (Å²) in [5, 5.41) is 1.18. The zero-order chi connectivity index (χ0) is 43.5. The average Bonchev–Trinajstić information content (AvgIpc) is 3.89. The lowest BCUT2D eigenvalue weighted by Gasteiger charge is -2.29. The molecule has 6 aromatic rings. The number of aromatic nitrogens is 2. The third-order valence-corrected chi connectivity index (χ3v) is 12.2. The van der Waals surface area contributed by atoms with Crippen molar-refractivity contribution < 1.29 is 32.7 Å². The monoisotopic (exact) mass is 862 g/mol. The van der Waals surface area contributed by atoms with E-state index in [4.69, 9.17) is 13.6 Å². The first-order chi connectivity index (χ1) is 29.4. The van der Waals surface area contributed by atoms with E-state index in [0.717, 1.165) is 33.3 Å². The summed E-state index contributed by atoms with van der Waals surface area (Å²) < 4.78 is 17.4. The molecule has 0 bridgehead atoms. The predicted octanol–water partition coefficient (Wildman–Crippen LogP) is 10.2. The number of carbonyl (C=O) groups excluding carboxylic acids is 4. The lowest BCUT2D eigenvalue weighted by molar-refractivity contribution is -0.125. The first-order valence-corrected chi connectivity index (χ1v) is 22.7. The number of Topliss-reactive ketones (excluding diaryl/α,β-unsaturated/α-hetero) is 2. The van der Waals surface area contributed by atoms with Crippen LogP contribution in [0.3, 0.4) is 0 Å². The molecule has 0 saturated heterocycles. The number of amides is 2. The van der Waals surface area contributed by atoms with Crippen molar-refractivity contribution in [3.05, 3.63) is 119 Å². The van der Waals surface area contributed by atoms with Gasteiger partial charge in [0.25, 0.3) is 22.3 Å². The van der Waals surface area contributed by atoms with Gasteiger partial charge in [-0.15, -0.1) is 0 Å². The second-order valence-corrected chi connectivity index (χ2v) is 17.9. The number of hydrogen-bond acceptors (Lipinski definition) is 11. The van der Waals surface area contributed by atoms with Crippen LogP contribution >= 0.6 is 23.5 Å². The highest BCUT2D eigenvalue weighted by Crippen LogP contribution is 2.28. The second kappa shape index (κ2) is 21.5. The number of rotatable bonds is 22. The fraction of sp³-hybridized carbons (Fsp3) is 0.375. The van der Waals surface area contributed by atoms with Crippen LogP contribution in [0.2, 0.25) is 0 Å². The van der Waals surface area contributed by atoms with Crippen LogP contribution in [0.25, 0.3) is 22.2 Å². The van der Waals surface area contributed by atoms with Crippen LogP contribution in [-0.4, -0.2) is 82.5 Å². The van der Waals surface area contributed by atoms with Crippen molar-refractivity contribution in [1.29, 1.82) is 0 Å². The van der Waals surface area contributed by atoms with E-state index in [0.29, 0.717) is 45.9 Å². The molecule has 0 aliphatic rings. The van der Waals surface area contributed by atoms with Gasteiger partial charge in [0.15, 0.2) is 22.7 Å². The number of carbonyl (C=O) groups is 4. The van der Waals surface area contributed by atoms with Gasteiger partial charge in [0, 0.05) is 49.6 Å². The van der Waals surface area contributed by atoms with E-state index in [2.05, 4.69) is 9.97 Å². The smallest absolute Gasteiger partial charge is 0.257 e. The van der Waals surface area contributed by atoms with Crippen LogP contribution in [0.5, 0.6) is 0 Å². The number of likely N-dealkylation sites (N-methyl/N-ethyl adjacent to an activating group) is 2. The van der Waals surface area contributed by atoms with E-state index < -0.39 is 12.1 Å². The summed E-state index contributed by atoms with van der Waals surface area (Å²) in [6.45, 7) is 8.34. The highest BCUT2D eigenvalue weighted by Gasteiger charge is 2.30. The third kappa shape index (κ3) is 12.4. The molecule has 2 heterocycles. The first-order valence-electron chi connectivity index (χ1n) is 20.7. The Bertz CT molecular complexity index is 2180. The summed E-state index contributed by atoms with van der Waals surface area (Å²) >= 11 is 2.97. The van der Waals surface area contributed by atoms with E-state index in [-0.39, 0.29) is 61.3 Å². The third-order valence-electron chi connectivity index (χ3n) is 10.4. The number of para-hydroxylation sites is 4. The summed E-state index contributed by atoms with van der Waals surface area (Å²) in [7, 11) is 3.34. The Labute approximate surface area is 366 Å². The van der Waals surface area contributed by atoms with E-state index >= 15 is 0 Å². The lowest BCUT2D eigenvalue weighted by Crippen LogP contribution is -2.44. The standard InChI is InChI=1S/C48H54N4O7S2/c1-31(2)27-39(51(5)45(55)35-19-15-33(16-20-35)29-60-47-49-37-11-7-9-13-43(37)58-47)41(53)23-25-57-26-24-42(54)40(28-32(3)4)52(6)46(56)36-21-17-34(18-22-36)30-61-48-50-38-12-8-10-14-44(38)59-48/h7-22,31-32,39-40H,23-30H2,1-6H3/t39-,40-/m0/s1. The summed E-state index contributed by atoms with van der Waals surface area (Å²) in [4.78, 5) is 66.4. The minimum atomic E-state index is -0.622. The molecule has 0 spiro atoms. The summed E-state index contributed by atoms with van der Waals surface area (Å²) in [5.41, 5.74) is 6.14. The fourth-order valence-corrected chi connectivity index (χ4v) is 8.57. The van der Waals surface area contributed by atoms with Crippen LogP contribution < -0.4 is 0 Å². The first kappa shape index (κ1) is 45.3. The van der Waals surface area contributed by atoms with Crippen molar-refractivity contribution in [2.24, 2.45) is 11.8 Å². The molecule has 0 unspecified atom stereocenters. The Morgan fingerprint density at radius 1 is 0.574 bits per heavy atom. The maximum absolute atomic E-state index is 13.6. The summed E-state index contributed by atoms with van der Waals surface area (Å²) in [6.07, 6.45) is 1.23. The molecule has 6 rings (SSSR count). The van der Waals surface area contributed by atoms with Crippen LogP contribution in [0, 0.1) is 11.8 Å². The van der Waals surface area contributed by atoms with Crippen LogP contribution in [0.15, 0.2) is 116 Å². The molecule has 61 heavy (non-hydrogen) atoms. The minimum Gasteiger partial charge on any atom is -0.431 e. The zero-order valence-electron chi connectivity index (χ0n) is 35.7. The fourth-order valence-electron chi connectivity index (χ4n) is 6.98. The molecule has 0 aliphatic carbocycles. The number of hydrogen-bond donors (Lipinski definition) is 0. The number of oxazole rings is 2. The van der Waals surface area contributed by atoms with E-state index in [9.17, 15) is 19.2 Å². The maximum Gasteiger partial charge on any atom is 0.257 e. The van der Waals surface area contributed by atoms with Crippen molar-refractivity contribution >= 4 is 69.1 Å². The molecule has 4 aromatic carbocycles. The quantitative estimate of drug-likeness (QED) is 0.0477. The van der Waals surface area contributed by atoms with Gasteiger partial charge in [0.05, 0.1) is 25.3 Å². The molecule has 2 atom stereocenters. The number of nitrogens with zero attached hydrogens (tertiary/aromatic N) is 4. The molecule has 13 heteroatoms. The van der Waals surface area contributed by atoms with Crippen molar-refractivity contribution in [3.63, 3.8) is 0 Å². The number of ketones is 2. The van der Waals surface area contributed by atoms with Crippen molar-refractivity contribution in [2.75, 3.05) is 27.3 Å². The van der Waals surface area contributed by atoms with Gasteiger partial charge in [0.2, 0.25) is 0 Å². The highest BCUT2D eigenvalue weighted by molar-refractivity contribution is 7.98. The average molecular weight is 863 g/mol. The van der Waals surface area contributed by atoms with Gasteiger partial charge >= 0.3 is 0 Å². The maximum atomic E-state index is 13.6. The van der Waals surface area contributed by atoms with E-state index in [1.807, 2.05) is 100 Å². The zero-order valence-corrected chi connectivity index (χ0v) is 37.3. The number of benzene rings is 4. The normalized spacial score (nSPS) is 12.6. The molecule has 2 aromatic heterocycles. The van der Waals surface area contributed by atoms with Gasteiger partial charge < -0.3 is 23.4 Å². The molecule has 11 nitrogen and oxygen atoms in total. The topological polar surface area (TPSA) is 136 Å². The molecule has 0 radical (unpaired) electrons. The number of ether oxygens (including phenoxy) is 1. The number of thioether (sulfide) groups is 2.